The normalized spacial score (nSPS) is 10.5. The van der Waals surface area contributed by atoms with E-state index in [1.54, 1.807) is 24.5 Å². The highest BCUT2D eigenvalue weighted by molar-refractivity contribution is 14.0. The van der Waals surface area contributed by atoms with Gasteiger partial charge in [0.15, 0.2) is 5.96 Å². The van der Waals surface area contributed by atoms with Gasteiger partial charge in [-0.3, -0.25) is 9.78 Å². The minimum atomic E-state index is -0.192. The van der Waals surface area contributed by atoms with Crippen LogP contribution in [0.15, 0.2) is 59.9 Å². The van der Waals surface area contributed by atoms with Crippen LogP contribution in [0.2, 0.25) is 0 Å². The lowest BCUT2D eigenvalue weighted by Crippen LogP contribution is -2.38. The van der Waals surface area contributed by atoms with Crippen molar-refractivity contribution < 1.29 is 9.53 Å². The summed E-state index contributed by atoms with van der Waals surface area (Å²) in [5, 5.41) is 9.06. The average molecular weight is 483 g/mol. The quantitative estimate of drug-likeness (QED) is 0.221. The second-order valence-electron chi connectivity index (χ2n) is 5.43. The van der Waals surface area contributed by atoms with E-state index in [1.807, 2.05) is 37.3 Å². The first kappa shape index (κ1) is 22.7. The minimum absolute atomic E-state index is 0. The van der Waals surface area contributed by atoms with E-state index in [0.717, 1.165) is 18.7 Å². The van der Waals surface area contributed by atoms with Crippen molar-refractivity contribution >= 4 is 41.5 Å². The van der Waals surface area contributed by atoms with E-state index in [0.29, 0.717) is 24.8 Å². The van der Waals surface area contributed by atoms with E-state index in [9.17, 15) is 4.79 Å². The molecule has 8 heteroatoms. The summed E-state index contributed by atoms with van der Waals surface area (Å²) in [5.74, 6) is 1.27. The highest BCUT2D eigenvalue weighted by Crippen LogP contribution is 2.08. The molecule has 0 bridgehead atoms. The van der Waals surface area contributed by atoms with Gasteiger partial charge >= 0.3 is 0 Å². The number of guanidine groups is 1. The molecule has 1 heterocycles. The summed E-state index contributed by atoms with van der Waals surface area (Å²) in [6.45, 7) is 4.04. The number of hydrogen-bond donors (Lipinski definition) is 3. The molecule has 0 fully saturated rings. The van der Waals surface area contributed by atoms with E-state index < -0.39 is 0 Å². The highest BCUT2D eigenvalue weighted by atomic mass is 127. The number of ether oxygens (including phenoxy) is 1. The first-order valence-corrected chi connectivity index (χ1v) is 8.68. The fourth-order valence-corrected chi connectivity index (χ4v) is 2.12. The number of nitrogens with one attached hydrogen (secondary N) is 3. The van der Waals surface area contributed by atoms with E-state index in [2.05, 4.69) is 25.9 Å². The summed E-state index contributed by atoms with van der Waals surface area (Å²) in [4.78, 5) is 20.2. The second-order valence-corrected chi connectivity index (χ2v) is 5.43. The number of aromatic nitrogens is 1. The molecule has 0 atom stereocenters. The van der Waals surface area contributed by atoms with Gasteiger partial charge in [0.25, 0.3) is 0 Å². The van der Waals surface area contributed by atoms with Crippen LogP contribution in [0.3, 0.4) is 0 Å². The first-order chi connectivity index (χ1) is 12.8. The molecule has 0 radical (unpaired) electrons. The number of para-hydroxylation sites is 1. The van der Waals surface area contributed by atoms with Gasteiger partial charge in [-0.1, -0.05) is 18.2 Å². The van der Waals surface area contributed by atoms with Crippen molar-refractivity contribution in [3.63, 3.8) is 0 Å². The smallest absolute Gasteiger partial charge is 0.246 e. The zero-order valence-electron chi connectivity index (χ0n) is 15.4. The van der Waals surface area contributed by atoms with Crippen LogP contribution >= 0.6 is 24.0 Å². The lowest BCUT2D eigenvalue weighted by Gasteiger charge is -2.11. The topological polar surface area (TPSA) is 87.6 Å². The Labute approximate surface area is 177 Å². The number of carbonyl (C=O) groups excluding carboxylic acids is 1. The predicted octanol–water partition coefficient (Wildman–Crippen LogP) is 2.66. The number of hydrogen-bond acceptors (Lipinski definition) is 4. The first-order valence-electron chi connectivity index (χ1n) is 8.68. The van der Waals surface area contributed by atoms with Gasteiger partial charge in [-0.2, -0.15) is 0 Å². The molecule has 2 aromatic rings. The molecule has 3 N–H and O–H groups in total. The predicted molar refractivity (Wildman–Crippen MR) is 119 cm³/mol. The summed E-state index contributed by atoms with van der Waals surface area (Å²) < 4.78 is 5.64. The zero-order chi connectivity index (χ0) is 18.5. The number of anilines is 1. The van der Waals surface area contributed by atoms with Crippen molar-refractivity contribution in [1.29, 1.82) is 0 Å². The maximum Gasteiger partial charge on any atom is 0.246 e. The molecule has 0 aliphatic carbocycles. The molecular weight excluding hydrogens is 457 g/mol. The van der Waals surface area contributed by atoms with Crippen molar-refractivity contribution in [2.24, 2.45) is 4.99 Å². The van der Waals surface area contributed by atoms with Gasteiger partial charge in [-0.25, -0.2) is 4.99 Å². The number of nitrogens with zero attached hydrogens (tertiary/aromatic N) is 2. The Balaban J connectivity index is 0.00000364. The number of rotatable bonds is 9. The lowest BCUT2D eigenvalue weighted by atomic mass is 10.3. The van der Waals surface area contributed by atoms with Crippen LogP contribution in [0.25, 0.3) is 0 Å². The van der Waals surface area contributed by atoms with Gasteiger partial charge in [0.05, 0.1) is 18.5 Å². The molecule has 0 unspecified atom stereocenters. The van der Waals surface area contributed by atoms with Gasteiger partial charge < -0.3 is 20.7 Å². The van der Waals surface area contributed by atoms with E-state index in [1.165, 1.54) is 0 Å². The number of pyridine rings is 1. The summed E-state index contributed by atoms with van der Waals surface area (Å²) in [5.41, 5.74) is 0.656. The van der Waals surface area contributed by atoms with Crippen LogP contribution in [0.1, 0.15) is 13.3 Å². The summed E-state index contributed by atoms with van der Waals surface area (Å²) >= 11 is 0. The zero-order valence-corrected chi connectivity index (χ0v) is 17.7. The minimum Gasteiger partial charge on any atom is -0.494 e. The van der Waals surface area contributed by atoms with Gasteiger partial charge in [0.2, 0.25) is 5.91 Å². The number of halogens is 1. The van der Waals surface area contributed by atoms with Gasteiger partial charge in [-0.05, 0) is 37.6 Å². The molecule has 1 aromatic carbocycles. The fourth-order valence-electron chi connectivity index (χ4n) is 2.12. The highest BCUT2D eigenvalue weighted by Gasteiger charge is 2.03. The molecule has 2 rings (SSSR count). The Kier molecular flexibility index (Phi) is 11.6. The molecule has 0 saturated carbocycles. The SMILES string of the molecule is CCNC(=NCC(=O)Nc1cccnc1)NCCCOc1ccccc1.I. The van der Waals surface area contributed by atoms with Crippen LogP contribution in [0.4, 0.5) is 5.69 Å². The molecule has 1 aromatic heterocycles. The molecule has 0 spiro atoms. The van der Waals surface area contributed by atoms with E-state index in [-0.39, 0.29) is 36.4 Å². The molecule has 7 nitrogen and oxygen atoms in total. The molecular formula is C19H26IN5O2. The maximum absolute atomic E-state index is 11.9. The van der Waals surface area contributed by atoms with Crippen LogP contribution in [0.5, 0.6) is 5.75 Å². The van der Waals surface area contributed by atoms with Crippen molar-refractivity contribution in [2.45, 2.75) is 13.3 Å². The summed E-state index contributed by atoms with van der Waals surface area (Å²) in [6, 6.07) is 13.3. The Bertz CT molecular complexity index is 683. The monoisotopic (exact) mass is 483 g/mol. The third-order valence-corrected chi connectivity index (χ3v) is 3.30. The third kappa shape index (κ3) is 9.78. The van der Waals surface area contributed by atoms with E-state index in [4.69, 9.17) is 4.74 Å². The number of benzene rings is 1. The summed E-state index contributed by atoms with van der Waals surface area (Å²) in [6.07, 6.45) is 4.07. The fraction of sp³-hybridized carbons (Fsp3) is 0.316. The van der Waals surface area contributed by atoms with Crippen molar-refractivity contribution in [1.82, 2.24) is 15.6 Å². The van der Waals surface area contributed by atoms with E-state index >= 15 is 0 Å². The number of aliphatic imine (C=N–C) groups is 1. The molecule has 0 aliphatic heterocycles. The van der Waals surface area contributed by atoms with Crippen molar-refractivity contribution in [3.8, 4) is 5.75 Å². The number of carbonyl (C=O) groups is 1. The standard InChI is InChI=1S/C19H25N5O2.HI/c1-2-21-19(22-12-7-13-26-17-9-4-3-5-10-17)23-15-18(25)24-16-8-6-11-20-14-16;/h3-6,8-11,14H,2,7,12-13,15H2,1H3,(H,24,25)(H2,21,22,23);1H. The Hall–Kier alpha value is -2.36. The van der Waals surface area contributed by atoms with Crippen LogP contribution in [-0.2, 0) is 4.79 Å². The van der Waals surface area contributed by atoms with Gasteiger partial charge in [0.1, 0.15) is 12.3 Å². The third-order valence-electron chi connectivity index (χ3n) is 3.30. The number of amides is 1. The molecule has 0 saturated heterocycles. The maximum atomic E-state index is 11.9. The molecule has 27 heavy (non-hydrogen) atoms. The largest absolute Gasteiger partial charge is 0.494 e. The van der Waals surface area contributed by atoms with Crippen molar-refractivity contribution in [2.75, 3.05) is 31.6 Å². The van der Waals surface area contributed by atoms with Crippen LogP contribution < -0.4 is 20.7 Å². The summed E-state index contributed by atoms with van der Waals surface area (Å²) in [7, 11) is 0. The molecule has 1 amide bonds. The van der Waals surface area contributed by atoms with Crippen molar-refractivity contribution in [3.05, 3.63) is 54.9 Å². The van der Waals surface area contributed by atoms with Gasteiger partial charge in [0, 0.05) is 19.3 Å². The van der Waals surface area contributed by atoms with Gasteiger partial charge in [-0.15, -0.1) is 24.0 Å². The Morgan fingerprint density at radius 1 is 1.15 bits per heavy atom. The molecule has 0 aliphatic rings. The molecule has 146 valence electrons. The Morgan fingerprint density at radius 2 is 1.96 bits per heavy atom. The lowest BCUT2D eigenvalue weighted by molar-refractivity contribution is -0.114. The second kappa shape index (κ2) is 13.8. The Morgan fingerprint density at radius 3 is 2.67 bits per heavy atom. The average Bonchev–Trinajstić information content (AvgIpc) is 2.67. The van der Waals surface area contributed by atoms with Crippen LogP contribution in [-0.4, -0.2) is 43.1 Å². The van der Waals surface area contributed by atoms with Crippen LogP contribution in [0, 0.1) is 0 Å².